The molecule has 204 valence electrons. The van der Waals surface area contributed by atoms with Gasteiger partial charge in [-0.05, 0) is 69.5 Å². The van der Waals surface area contributed by atoms with Gasteiger partial charge >= 0.3 is 6.18 Å². The number of halogens is 3. The Morgan fingerprint density at radius 2 is 2.03 bits per heavy atom. The number of fused-ring (bicyclic) bond motifs is 1. The van der Waals surface area contributed by atoms with Crippen LogP contribution in [0, 0.1) is 11.3 Å². The number of carbonyl (C=O) groups excluding carboxylic acids is 1. The van der Waals surface area contributed by atoms with Gasteiger partial charge in [0.25, 0.3) is 5.91 Å². The summed E-state index contributed by atoms with van der Waals surface area (Å²) < 4.78 is 51.0. The Morgan fingerprint density at radius 1 is 1.26 bits per heavy atom. The van der Waals surface area contributed by atoms with Crippen molar-refractivity contribution >= 4 is 11.6 Å². The summed E-state index contributed by atoms with van der Waals surface area (Å²) in [7, 11) is 3.61. The SMILES string of the molecule is CN(C)[C@H]1C[C@@]23CC[C@@]4(O2)C(=C(C(F)(F)F)C[C@]2(C)C(C(=O)Nc5cccnc5)=CCC24)C=C3[C@@H](O)[C@@H]1O. The van der Waals surface area contributed by atoms with Crippen LogP contribution >= 0.6 is 0 Å². The first-order chi connectivity index (χ1) is 17.8. The predicted molar refractivity (Wildman–Crippen MR) is 133 cm³/mol. The second-order valence-corrected chi connectivity index (χ2v) is 11.8. The highest BCUT2D eigenvalue weighted by atomic mass is 19.4. The number of aliphatic hydroxyl groups is 2. The van der Waals surface area contributed by atoms with E-state index in [0.717, 1.165) is 0 Å². The first kappa shape index (κ1) is 25.7. The Balaban J connectivity index is 1.46. The number of rotatable bonds is 3. The van der Waals surface area contributed by atoms with Crippen LogP contribution in [0.2, 0.25) is 0 Å². The van der Waals surface area contributed by atoms with E-state index in [9.17, 15) is 28.2 Å². The molecule has 1 aromatic rings. The summed E-state index contributed by atoms with van der Waals surface area (Å²) in [5.74, 6) is -0.822. The van der Waals surface area contributed by atoms with Crippen LogP contribution < -0.4 is 5.32 Å². The average molecular weight is 532 g/mol. The van der Waals surface area contributed by atoms with E-state index < -0.39 is 52.5 Å². The molecule has 7 nitrogen and oxygen atoms in total. The standard InChI is InChI=1S/C28H32F3N3O4/c1-25-12-19(28(29,30)31)17-11-18-22(35)23(36)20(34(2)3)13-26(18)8-9-27(17,38-26)21(25)7-6-16(25)24(37)33-15-5-4-10-32-14-15/h4-6,10-11,14,20-23,35-36H,7-9,12-13H2,1-3H3,(H,33,37)/t20-,21?,22+,23+,25+,26+,27+/m0/s1. The number of nitrogens with zero attached hydrogens (tertiary/aromatic N) is 2. The fourth-order valence-corrected chi connectivity index (χ4v) is 7.92. The van der Waals surface area contributed by atoms with Crippen molar-refractivity contribution in [2.75, 3.05) is 19.4 Å². The van der Waals surface area contributed by atoms with Gasteiger partial charge in [0, 0.05) is 34.7 Å². The summed E-state index contributed by atoms with van der Waals surface area (Å²) in [6.07, 6.45) is 0.363. The van der Waals surface area contributed by atoms with E-state index in [-0.39, 0.29) is 17.9 Å². The number of anilines is 1. The molecule has 2 fully saturated rings. The molecule has 10 heteroatoms. The number of ether oxygens (including phenoxy) is 1. The molecular weight excluding hydrogens is 499 g/mol. The van der Waals surface area contributed by atoms with E-state index in [2.05, 4.69) is 10.3 Å². The van der Waals surface area contributed by atoms with Crippen molar-refractivity contribution in [3.63, 3.8) is 0 Å². The molecule has 5 aliphatic rings. The minimum absolute atomic E-state index is 0.0486. The molecule has 7 atom stereocenters. The maximum absolute atomic E-state index is 14.7. The third-order valence-electron chi connectivity index (χ3n) is 9.68. The minimum atomic E-state index is -4.66. The molecule has 38 heavy (non-hydrogen) atoms. The highest BCUT2D eigenvalue weighted by Gasteiger charge is 2.70. The molecule has 0 radical (unpaired) electrons. The summed E-state index contributed by atoms with van der Waals surface area (Å²) in [5.41, 5.74) is -2.86. The van der Waals surface area contributed by atoms with Gasteiger partial charge in [-0.2, -0.15) is 13.2 Å². The van der Waals surface area contributed by atoms with E-state index in [0.29, 0.717) is 42.5 Å². The highest BCUT2D eigenvalue weighted by Crippen LogP contribution is 2.69. The van der Waals surface area contributed by atoms with E-state index >= 15 is 0 Å². The number of aromatic nitrogens is 1. The molecule has 0 aromatic carbocycles. The third-order valence-corrected chi connectivity index (χ3v) is 9.68. The predicted octanol–water partition coefficient (Wildman–Crippen LogP) is 3.52. The highest BCUT2D eigenvalue weighted by molar-refractivity contribution is 6.05. The van der Waals surface area contributed by atoms with Gasteiger partial charge in [-0.25, -0.2) is 0 Å². The summed E-state index contributed by atoms with van der Waals surface area (Å²) in [5, 5.41) is 24.7. The van der Waals surface area contributed by atoms with Crippen molar-refractivity contribution in [1.82, 2.24) is 9.88 Å². The van der Waals surface area contributed by atoms with Crippen LogP contribution in [-0.4, -0.2) is 75.7 Å². The Labute approximate surface area is 219 Å². The summed E-state index contributed by atoms with van der Waals surface area (Å²) in [6, 6.07) is 2.94. The molecule has 3 aliphatic carbocycles. The molecule has 1 amide bonds. The number of pyridine rings is 1. The maximum atomic E-state index is 14.7. The fourth-order valence-electron chi connectivity index (χ4n) is 7.92. The molecule has 1 saturated carbocycles. The van der Waals surface area contributed by atoms with E-state index in [1.165, 1.54) is 12.3 Å². The molecule has 6 rings (SSSR count). The van der Waals surface area contributed by atoms with Crippen LogP contribution in [0.1, 0.15) is 39.0 Å². The lowest BCUT2D eigenvalue weighted by Crippen LogP contribution is -2.62. The fraction of sp³-hybridized carbons (Fsp3) is 0.571. The first-order valence-electron chi connectivity index (χ1n) is 13.0. The Hall–Kier alpha value is -2.53. The Bertz CT molecular complexity index is 1280. The van der Waals surface area contributed by atoms with Crippen molar-refractivity contribution in [2.24, 2.45) is 11.3 Å². The van der Waals surface area contributed by atoms with Gasteiger partial charge in [-0.1, -0.05) is 19.1 Å². The number of likely N-dealkylation sites (N-methyl/N-ethyl adjacent to an activating group) is 1. The molecule has 1 saturated heterocycles. The van der Waals surface area contributed by atoms with E-state index in [4.69, 9.17) is 4.74 Å². The second kappa shape index (κ2) is 8.24. The van der Waals surface area contributed by atoms with Crippen molar-refractivity contribution in [2.45, 2.75) is 74.7 Å². The van der Waals surface area contributed by atoms with Gasteiger partial charge in [0.05, 0.1) is 29.2 Å². The zero-order chi connectivity index (χ0) is 27.3. The molecule has 2 aliphatic heterocycles. The lowest BCUT2D eigenvalue weighted by atomic mass is 9.56. The van der Waals surface area contributed by atoms with Gasteiger partial charge in [-0.15, -0.1) is 0 Å². The first-order valence-corrected chi connectivity index (χ1v) is 13.0. The minimum Gasteiger partial charge on any atom is -0.388 e. The largest absolute Gasteiger partial charge is 0.413 e. The van der Waals surface area contributed by atoms with E-state index in [1.54, 1.807) is 45.4 Å². The van der Waals surface area contributed by atoms with Crippen molar-refractivity contribution in [3.8, 4) is 0 Å². The number of hydrogen-bond donors (Lipinski definition) is 3. The van der Waals surface area contributed by atoms with Gasteiger partial charge in [0.15, 0.2) is 0 Å². The number of alkyl halides is 3. The molecule has 1 aromatic heterocycles. The van der Waals surface area contributed by atoms with Gasteiger partial charge in [-0.3, -0.25) is 9.78 Å². The number of allylic oxidation sites excluding steroid dienone is 2. The summed E-state index contributed by atoms with van der Waals surface area (Å²) >= 11 is 0. The van der Waals surface area contributed by atoms with Gasteiger partial charge < -0.3 is 25.2 Å². The Kier molecular flexibility index (Phi) is 5.58. The monoisotopic (exact) mass is 531 g/mol. The molecule has 2 bridgehead atoms. The zero-order valence-electron chi connectivity index (χ0n) is 21.5. The zero-order valence-corrected chi connectivity index (χ0v) is 21.5. The molecular formula is C28H32F3N3O4. The van der Waals surface area contributed by atoms with Crippen LogP contribution in [-0.2, 0) is 9.53 Å². The number of nitrogens with one attached hydrogen (secondary N) is 1. The lowest BCUT2D eigenvalue weighted by Gasteiger charge is -2.56. The maximum Gasteiger partial charge on any atom is 0.413 e. The second-order valence-electron chi connectivity index (χ2n) is 11.8. The molecule has 2 spiro atoms. The molecule has 1 unspecified atom stereocenters. The lowest BCUT2D eigenvalue weighted by molar-refractivity contribution is -0.172. The van der Waals surface area contributed by atoms with Crippen LogP contribution in [0.15, 0.2) is 59.0 Å². The smallest absolute Gasteiger partial charge is 0.388 e. The van der Waals surface area contributed by atoms with Crippen LogP contribution in [0.25, 0.3) is 0 Å². The van der Waals surface area contributed by atoms with Crippen molar-refractivity contribution < 1.29 is 32.9 Å². The van der Waals surface area contributed by atoms with E-state index in [1.807, 2.05) is 4.90 Å². The molecule has 3 N–H and O–H groups in total. The normalized spacial score (nSPS) is 39.8. The average Bonchev–Trinajstić information content (AvgIpc) is 3.36. The number of aliphatic hydroxyl groups excluding tert-OH is 2. The van der Waals surface area contributed by atoms with Crippen LogP contribution in [0.5, 0.6) is 0 Å². The van der Waals surface area contributed by atoms with Crippen molar-refractivity contribution in [3.05, 3.63) is 59.0 Å². The van der Waals surface area contributed by atoms with Gasteiger partial charge in [0.2, 0.25) is 0 Å². The quantitative estimate of drug-likeness (QED) is 0.553. The van der Waals surface area contributed by atoms with Crippen LogP contribution in [0.4, 0.5) is 18.9 Å². The number of hydrogen-bond acceptors (Lipinski definition) is 6. The summed E-state index contributed by atoms with van der Waals surface area (Å²) in [6.45, 7) is 1.74. The molecule has 3 heterocycles. The van der Waals surface area contributed by atoms with Gasteiger partial charge in [0.1, 0.15) is 6.10 Å². The van der Waals surface area contributed by atoms with Crippen molar-refractivity contribution in [1.29, 1.82) is 0 Å². The number of carbonyl (C=O) groups is 1. The topological polar surface area (TPSA) is 94.9 Å². The Morgan fingerprint density at radius 3 is 2.68 bits per heavy atom. The third kappa shape index (κ3) is 3.43. The number of amides is 1. The summed E-state index contributed by atoms with van der Waals surface area (Å²) in [4.78, 5) is 19.2. The van der Waals surface area contributed by atoms with Crippen LogP contribution in [0.3, 0.4) is 0 Å².